The number of carbonyl (C=O) groups is 7. The standard InChI is InChI=1S/C44H76N6O11.C40H69N7O10.CH4/c1-15-23-56-40(53)46-26-32-24-33(49(12)13)29(5)39(57-32)58-37(30(6)35-31(7)38(52)60-42(8,9)59-35)43(10,55-14)25-27(3)19-20-28(4)36-44(11,34(51)16-2)61-41(54)50(36)22-18-17-21-47-48-45;1-13-19-53-37(50)43-23-29-20-30(46(10)11)25(4)36(54-29)56-34-26(5)32(48)27(6)35(49)55-31(14-2)40(9)33(28(7)42-22-24(3)21-39(34,8)52-12)47(38(51)57-40)18-16-15-17-44-45-41;/h15,27-30,32-34,36-37,39,51H,1,16-26H2,2-14H3,(H,46,53);13,24-31,33-34,36,42H,1,14-23H2,2-12H3,(H,43,50);1H4/t27-,28-,29?,30-,32?,33?,34+,36+,37+,39-,43+,44+;24-,25?,26+,27-,28-,29?,30?,31-,33-,34-,36+,39-,40-;/m01./s1. The van der Waals surface area contributed by atoms with Crippen molar-refractivity contribution in [3.05, 3.63) is 57.5 Å². The van der Waals surface area contributed by atoms with E-state index in [1.54, 1.807) is 58.6 Å². The van der Waals surface area contributed by atoms with Gasteiger partial charge in [0.1, 0.15) is 31.0 Å². The first-order valence-electron chi connectivity index (χ1n) is 42.4. The Hall–Kier alpha value is -7.07. The number of unbranched alkanes of at least 4 members (excludes halogenated alkanes) is 2. The summed E-state index contributed by atoms with van der Waals surface area (Å²) in [7, 11) is 11.2. The Morgan fingerprint density at radius 3 is 1.81 bits per heavy atom. The first kappa shape index (κ1) is 104. The number of carbonyl (C=O) groups excluding carboxylic acids is 7. The van der Waals surface area contributed by atoms with Crippen LogP contribution in [-0.2, 0) is 76.0 Å². The topological polar surface area (TPSA) is 406 Å². The molecule has 5 saturated heterocycles. The molecule has 4 amide bonds. The van der Waals surface area contributed by atoms with Crippen molar-refractivity contribution < 1.29 is 100 Å². The first-order chi connectivity index (χ1) is 55.5. The average molecular weight is 1690 g/mol. The molecule has 0 aromatic heterocycles. The van der Waals surface area contributed by atoms with Crippen LogP contribution in [0.3, 0.4) is 0 Å². The number of aliphatic hydroxyl groups is 1. The largest absolute Gasteiger partial charge is 0.458 e. The molecule has 6 heterocycles. The average Bonchev–Trinajstić information content (AvgIpc) is 1.75. The number of esters is 2. The second-order valence-electron chi connectivity index (χ2n) is 35.1. The molecule has 0 saturated carbocycles. The third kappa shape index (κ3) is 27.5. The van der Waals surface area contributed by atoms with E-state index < -0.39 is 138 Å². The Labute approximate surface area is 708 Å². The van der Waals surface area contributed by atoms with E-state index in [1.807, 2.05) is 83.6 Å². The number of methoxy groups -OCH3 is 2. The summed E-state index contributed by atoms with van der Waals surface area (Å²) >= 11 is 0. The van der Waals surface area contributed by atoms with Crippen LogP contribution in [0, 0.1) is 47.3 Å². The van der Waals surface area contributed by atoms with Gasteiger partial charge in [-0.3, -0.25) is 14.5 Å². The van der Waals surface area contributed by atoms with Crippen LogP contribution in [0.4, 0.5) is 19.2 Å². The molecule has 0 aromatic carbocycles. The van der Waals surface area contributed by atoms with Gasteiger partial charge in [-0.1, -0.05) is 112 Å². The fourth-order valence-electron chi connectivity index (χ4n) is 18.4. The summed E-state index contributed by atoms with van der Waals surface area (Å²) in [5, 5.41) is 27.7. The molecule has 6 unspecified atom stereocenters. The highest BCUT2D eigenvalue weighted by molar-refractivity contribution is 6.00. The quantitative estimate of drug-likeness (QED) is 0.00652. The third-order valence-electron chi connectivity index (χ3n) is 24.9. The van der Waals surface area contributed by atoms with Crippen molar-refractivity contribution in [3.63, 3.8) is 0 Å². The van der Waals surface area contributed by atoms with E-state index in [0.29, 0.717) is 108 Å². The predicted octanol–water partition coefficient (Wildman–Crippen LogP) is 13.3. The number of hydrogen-bond donors (Lipinski definition) is 4. The number of aliphatic hydroxyl groups excluding tert-OH is 1. The lowest BCUT2D eigenvalue weighted by atomic mass is 9.76. The Morgan fingerprint density at radius 2 is 1.30 bits per heavy atom. The zero-order valence-electron chi connectivity index (χ0n) is 75.1. The summed E-state index contributed by atoms with van der Waals surface area (Å²) < 4.78 is 80.5. The van der Waals surface area contributed by atoms with Crippen LogP contribution in [0.2, 0.25) is 0 Å². The summed E-state index contributed by atoms with van der Waals surface area (Å²) in [5.74, 6) is -5.14. The van der Waals surface area contributed by atoms with E-state index in [2.05, 4.69) is 86.7 Å². The fourth-order valence-corrected chi connectivity index (χ4v) is 18.4. The summed E-state index contributed by atoms with van der Waals surface area (Å²) in [6.45, 7) is 43.7. The monoisotopic (exact) mass is 1690 g/mol. The van der Waals surface area contributed by atoms with Crippen LogP contribution in [0.5, 0.6) is 0 Å². The van der Waals surface area contributed by atoms with Gasteiger partial charge < -0.3 is 97.3 Å². The minimum Gasteiger partial charge on any atom is -0.458 e. The molecule has 34 nitrogen and oxygen atoms in total. The Bertz CT molecular complexity index is 3440. The van der Waals surface area contributed by atoms with Crippen molar-refractivity contribution >= 4 is 42.1 Å². The van der Waals surface area contributed by atoms with E-state index in [0.717, 1.165) is 12.8 Å². The third-order valence-corrected chi connectivity index (χ3v) is 24.9. The van der Waals surface area contributed by atoms with Crippen LogP contribution in [0.15, 0.2) is 46.9 Å². The Morgan fingerprint density at radius 1 is 0.773 bits per heavy atom. The van der Waals surface area contributed by atoms with Gasteiger partial charge in [0.15, 0.2) is 29.6 Å². The zero-order chi connectivity index (χ0) is 88.5. The van der Waals surface area contributed by atoms with Crippen LogP contribution in [0.25, 0.3) is 20.9 Å². The van der Waals surface area contributed by atoms with Gasteiger partial charge in [0.2, 0.25) is 5.79 Å². The number of nitrogens with zero attached hydrogens (tertiary/aromatic N) is 10. The molecule has 119 heavy (non-hydrogen) atoms. The van der Waals surface area contributed by atoms with Crippen molar-refractivity contribution in [2.75, 3.05) is 101 Å². The van der Waals surface area contributed by atoms with Gasteiger partial charge in [0.25, 0.3) is 0 Å². The van der Waals surface area contributed by atoms with Gasteiger partial charge in [-0.15, -0.1) is 0 Å². The molecule has 6 rings (SSSR count). The number of nitrogens with one attached hydrogen (secondary N) is 3. The van der Waals surface area contributed by atoms with Crippen molar-refractivity contribution in [1.29, 1.82) is 0 Å². The smallest absolute Gasteiger partial charge is 0.410 e. The summed E-state index contributed by atoms with van der Waals surface area (Å²) in [6.07, 6.45) is 2.11. The number of fused-ring (bicyclic) bond motifs is 1. The SMILES string of the molecule is C.C=CCOC(=O)NCC1CC(N(C)C)C(C)[C@H](O[C@@H]2[C@@H](C)C(=O)[C@@H](C)C(=O)O[C@H](CC)[C@@]3(C)OC(=O)N(CCCCN=[N+]=[N-])[C@@H]3[C@@H](C)NC[C@H](C)C[C@@]2(C)OC)O1.C=CCOC(=O)NCC1CC(N(C)C)C(C)[C@H](O[C@H]([C@@H](C)C2=C(C)C(=O)OC(C)(C)O2)[C@@](C)(C[C@@H](C)CC[C@H](C)[C@H]2N(CCCCN=[N+]=[N-])C(=O)O[C@]2(C)[C@H](O)CC)OC)O1. The molecule has 680 valence electrons. The number of ketones is 1. The molecule has 6 aliphatic rings. The number of Topliss-reactive ketones (excluding diaryl/α,β-unsaturated/α-hetero) is 1. The van der Waals surface area contributed by atoms with Gasteiger partial charge in [0, 0.05) is 119 Å². The molecular weight excluding hydrogens is 1540 g/mol. The maximum Gasteiger partial charge on any atom is 0.410 e. The first-order valence-corrected chi connectivity index (χ1v) is 42.4. The number of amides is 4. The van der Waals surface area contributed by atoms with Crippen LogP contribution >= 0.6 is 0 Å². The Kier molecular flexibility index (Phi) is 41.7. The van der Waals surface area contributed by atoms with E-state index >= 15 is 0 Å². The van der Waals surface area contributed by atoms with E-state index in [9.17, 15) is 38.7 Å². The van der Waals surface area contributed by atoms with Gasteiger partial charge in [-0.25, -0.2) is 24.0 Å². The number of alkyl carbamates (subject to hydrolysis) is 2. The van der Waals surface area contributed by atoms with Crippen molar-refractivity contribution in [2.45, 2.75) is 317 Å². The molecule has 0 aliphatic carbocycles. The molecule has 0 spiro atoms. The minimum atomic E-state index is -1.24. The maximum atomic E-state index is 14.5. The van der Waals surface area contributed by atoms with E-state index in [1.165, 1.54) is 19.1 Å². The lowest BCUT2D eigenvalue weighted by molar-refractivity contribution is -0.286. The number of ether oxygens (including phenoxy) is 13. The van der Waals surface area contributed by atoms with Crippen molar-refractivity contribution in [3.8, 4) is 0 Å². The van der Waals surface area contributed by atoms with Gasteiger partial charge in [0.05, 0.1) is 59.4 Å². The van der Waals surface area contributed by atoms with Crippen molar-refractivity contribution in [1.82, 2.24) is 35.6 Å². The summed E-state index contributed by atoms with van der Waals surface area (Å²) in [6, 6.07) is -1.18. The molecule has 0 radical (unpaired) electrons. The van der Waals surface area contributed by atoms with E-state index in [4.69, 9.17) is 72.6 Å². The van der Waals surface area contributed by atoms with Crippen LogP contribution < -0.4 is 16.0 Å². The lowest BCUT2D eigenvalue weighted by Crippen LogP contribution is -2.61. The molecule has 4 N–H and O–H groups in total. The fraction of sp³-hybridized carbons (Fsp3) is 0.847. The number of hydrogen-bond acceptors (Lipinski definition) is 26. The molecule has 0 aromatic rings. The minimum absolute atomic E-state index is 0. The van der Waals surface area contributed by atoms with E-state index in [-0.39, 0.29) is 93.3 Å². The molecule has 0 bridgehead atoms. The lowest BCUT2D eigenvalue weighted by Gasteiger charge is -2.48. The number of cyclic esters (lactones) is 3. The highest BCUT2D eigenvalue weighted by atomic mass is 16.7. The normalized spacial score (nSPS) is 32.3. The van der Waals surface area contributed by atoms with Crippen molar-refractivity contribution in [2.24, 2.45) is 57.6 Å². The predicted molar refractivity (Wildman–Crippen MR) is 450 cm³/mol. The maximum absolute atomic E-state index is 14.5. The second-order valence-corrected chi connectivity index (χ2v) is 35.1. The van der Waals surface area contributed by atoms with Crippen LogP contribution in [-0.4, -0.2) is 276 Å². The number of azide groups is 2. The molecule has 6 aliphatic heterocycles. The Balaban J connectivity index is 0.000000497. The highest BCUT2D eigenvalue weighted by Crippen LogP contribution is 2.46. The zero-order valence-corrected chi connectivity index (χ0v) is 75.1. The second kappa shape index (κ2) is 47.5. The van der Waals surface area contributed by atoms with Crippen LogP contribution in [0.1, 0.15) is 209 Å². The molecular formula is C85H149N13O21. The van der Waals surface area contributed by atoms with Gasteiger partial charge >= 0.3 is 36.3 Å². The highest BCUT2D eigenvalue weighted by Gasteiger charge is 2.60. The molecule has 34 heteroatoms. The number of rotatable bonds is 38. The molecule has 5 fully saturated rings. The summed E-state index contributed by atoms with van der Waals surface area (Å²) in [5.41, 5.74) is 13.4. The summed E-state index contributed by atoms with van der Waals surface area (Å²) in [4.78, 5) is 106. The van der Waals surface area contributed by atoms with Gasteiger partial charge in [-0.2, -0.15) is 0 Å². The van der Waals surface area contributed by atoms with Gasteiger partial charge in [-0.05, 0) is 183 Å². The molecule has 25 atom stereocenters.